The van der Waals surface area contributed by atoms with Gasteiger partial charge in [0.05, 0.1) is 5.88 Å². The zero-order valence-electron chi connectivity index (χ0n) is 13.8. The quantitative estimate of drug-likeness (QED) is 0.393. The molecule has 0 fully saturated rings. The van der Waals surface area contributed by atoms with Crippen molar-refractivity contribution in [2.75, 3.05) is 17.8 Å². The molecule has 0 aliphatic carbocycles. The van der Waals surface area contributed by atoms with Gasteiger partial charge in [0.2, 0.25) is 11.0 Å². The summed E-state index contributed by atoms with van der Waals surface area (Å²) in [7, 11) is 1.79. The molecule has 0 aliphatic heterocycles. The van der Waals surface area contributed by atoms with Gasteiger partial charge in [-0.05, 0) is 13.8 Å². The molecule has 134 valence electrons. The fourth-order valence-electron chi connectivity index (χ4n) is 2.07. The number of aromatic hydroxyl groups is 1. The number of carbonyl (C=O) groups excluding carboxylic acids is 1. The number of thiol groups is 1. The topological polar surface area (TPSA) is 139 Å². The first-order valence-corrected chi connectivity index (χ1v) is 8.60. The average molecular weight is 383 g/mol. The van der Waals surface area contributed by atoms with Crippen molar-refractivity contribution in [3.05, 3.63) is 21.5 Å². The van der Waals surface area contributed by atoms with Crippen LogP contribution in [0.25, 0.3) is 0 Å². The van der Waals surface area contributed by atoms with E-state index < -0.39 is 17.3 Å². The molecule has 25 heavy (non-hydrogen) atoms. The third-order valence-electron chi connectivity index (χ3n) is 3.40. The standard InChI is InChI=1S/C13H17N7O3S2/c1-4-20-10(22)7(9(14)21)6(2)8(11(20)23)15-16-12-17-18-13(25-12)19(3)5-24/h22,24H,4-5H2,1-3H3,(H2,14,21). The normalized spacial score (nSPS) is 11.2. The fraction of sp³-hybridized carbons (Fsp3) is 0.385. The van der Waals surface area contributed by atoms with Crippen LogP contribution < -0.4 is 16.2 Å². The third-order valence-corrected chi connectivity index (χ3v) is 4.74. The van der Waals surface area contributed by atoms with E-state index in [2.05, 4.69) is 33.1 Å². The van der Waals surface area contributed by atoms with E-state index in [1.54, 1.807) is 18.9 Å². The second kappa shape index (κ2) is 7.61. The molecule has 12 heteroatoms. The Kier molecular flexibility index (Phi) is 5.74. The molecule has 0 aromatic carbocycles. The van der Waals surface area contributed by atoms with E-state index in [4.69, 9.17) is 5.73 Å². The molecule has 2 aromatic heterocycles. The predicted octanol–water partition coefficient (Wildman–Crippen LogP) is 1.57. The molecule has 0 radical (unpaired) electrons. The number of hydrogen-bond acceptors (Lipinski definition) is 10. The Labute approximate surface area is 152 Å². The van der Waals surface area contributed by atoms with Gasteiger partial charge in [0.25, 0.3) is 16.6 Å². The Bertz CT molecular complexity index is 890. The number of anilines is 1. The van der Waals surface area contributed by atoms with Crippen LogP contribution in [-0.2, 0) is 6.54 Å². The lowest BCUT2D eigenvalue weighted by atomic mass is 10.1. The van der Waals surface area contributed by atoms with E-state index in [1.165, 1.54) is 6.92 Å². The van der Waals surface area contributed by atoms with Crippen molar-refractivity contribution in [1.29, 1.82) is 0 Å². The van der Waals surface area contributed by atoms with Gasteiger partial charge in [-0.3, -0.25) is 14.2 Å². The Balaban J connectivity index is 2.52. The highest BCUT2D eigenvalue weighted by atomic mass is 32.1. The van der Waals surface area contributed by atoms with Crippen molar-refractivity contribution in [3.63, 3.8) is 0 Å². The molecule has 10 nitrogen and oxygen atoms in total. The highest BCUT2D eigenvalue weighted by molar-refractivity contribution is 7.80. The van der Waals surface area contributed by atoms with Crippen LogP contribution in [0, 0.1) is 6.92 Å². The Morgan fingerprint density at radius 1 is 1.44 bits per heavy atom. The van der Waals surface area contributed by atoms with Gasteiger partial charge in [-0.25, -0.2) is 0 Å². The highest BCUT2D eigenvalue weighted by Crippen LogP contribution is 2.29. The Morgan fingerprint density at radius 3 is 2.68 bits per heavy atom. The minimum absolute atomic E-state index is 0.0900. The molecule has 2 aromatic rings. The first kappa shape index (κ1) is 18.9. The molecule has 1 amide bonds. The van der Waals surface area contributed by atoms with Crippen molar-refractivity contribution in [1.82, 2.24) is 14.8 Å². The second-order valence-corrected chi connectivity index (χ2v) is 6.21. The number of carbonyl (C=O) groups is 1. The van der Waals surface area contributed by atoms with E-state index >= 15 is 0 Å². The first-order valence-electron chi connectivity index (χ1n) is 7.15. The minimum Gasteiger partial charge on any atom is -0.494 e. The maximum atomic E-state index is 12.4. The van der Waals surface area contributed by atoms with Gasteiger partial charge in [-0.2, -0.15) is 12.6 Å². The summed E-state index contributed by atoms with van der Waals surface area (Å²) >= 11 is 5.30. The van der Waals surface area contributed by atoms with Crippen LogP contribution in [0.1, 0.15) is 22.8 Å². The number of amides is 1. The molecule has 0 spiro atoms. The fourth-order valence-corrected chi connectivity index (χ4v) is 2.93. The minimum atomic E-state index is -0.859. The van der Waals surface area contributed by atoms with E-state index in [-0.39, 0.29) is 28.5 Å². The maximum Gasteiger partial charge on any atom is 0.281 e. The molecule has 3 N–H and O–H groups in total. The maximum absolute atomic E-state index is 12.4. The van der Waals surface area contributed by atoms with Crippen LogP contribution in [0.3, 0.4) is 0 Å². The van der Waals surface area contributed by atoms with Crippen LogP contribution in [0.15, 0.2) is 15.0 Å². The zero-order chi connectivity index (χ0) is 18.7. The molecule has 2 heterocycles. The van der Waals surface area contributed by atoms with Gasteiger partial charge in [0.15, 0.2) is 5.69 Å². The number of nitrogens with zero attached hydrogens (tertiary/aromatic N) is 6. The summed E-state index contributed by atoms with van der Waals surface area (Å²) in [6.45, 7) is 3.26. The van der Waals surface area contributed by atoms with Gasteiger partial charge in [-0.1, -0.05) is 11.3 Å². The van der Waals surface area contributed by atoms with Gasteiger partial charge in [0, 0.05) is 19.2 Å². The second-order valence-electron chi connectivity index (χ2n) is 4.99. The number of rotatable bonds is 6. The SMILES string of the molecule is CCn1c(O)c(C(N)=O)c(C)c(N=Nc2nnc(N(C)CS)s2)c1=O. The third kappa shape index (κ3) is 3.64. The Morgan fingerprint density at radius 2 is 2.12 bits per heavy atom. The number of nitrogens with two attached hydrogens (primary N) is 1. The number of azo groups is 1. The van der Waals surface area contributed by atoms with E-state index in [9.17, 15) is 14.7 Å². The van der Waals surface area contributed by atoms with Crippen LogP contribution >= 0.6 is 24.0 Å². The van der Waals surface area contributed by atoms with Gasteiger partial charge >= 0.3 is 0 Å². The predicted molar refractivity (Wildman–Crippen MR) is 97.6 cm³/mol. The van der Waals surface area contributed by atoms with Crippen molar-refractivity contribution < 1.29 is 9.90 Å². The molecule has 0 aliphatic rings. The molecule has 0 unspecified atom stereocenters. The van der Waals surface area contributed by atoms with Gasteiger partial charge in [-0.15, -0.1) is 20.4 Å². The summed E-state index contributed by atoms with van der Waals surface area (Å²) in [6, 6.07) is 0. The van der Waals surface area contributed by atoms with Crippen LogP contribution in [0.2, 0.25) is 0 Å². The highest BCUT2D eigenvalue weighted by Gasteiger charge is 2.22. The summed E-state index contributed by atoms with van der Waals surface area (Å²) in [6.07, 6.45) is 0. The van der Waals surface area contributed by atoms with Crippen molar-refractivity contribution in [2.45, 2.75) is 20.4 Å². The summed E-state index contributed by atoms with van der Waals surface area (Å²) in [5, 5.41) is 26.5. The lowest BCUT2D eigenvalue weighted by molar-refractivity contribution is 0.0995. The number of hydrogen-bond donors (Lipinski definition) is 3. The lowest BCUT2D eigenvalue weighted by Crippen LogP contribution is -2.25. The van der Waals surface area contributed by atoms with E-state index in [0.29, 0.717) is 11.0 Å². The zero-order valence-corrected chi connectivity index (χ0v) is 15.5. The molecule has 0 bridgehead atoms. The lowest BCUT2D eigenvalue weighted by Gasteiger charge is -2.12. The number of primary amides is 1. The molecule has 2 rings (SSSR count). The van der Waals surface area contributed by atoms with Crippen LogP contribution in [0.5, 0.6) is 5.88 Å². The summed E-state index contributed by atoms with van der Waals surface area (Å²) in [5.41, 5.74) is 4.62. The summed E-state index contributed by atoms with van der Waals surface area (Å²) < 4.78 is 1.00. The molecule has 0 saturated carbocycles. The van der Waals surface area contributed by atoms with Crippen LogP contribution in [0.4, 0.5) is 16.0 Å². The average Bonchev–Trinajstić information content (AvgIpc) is 3.03. The van der Waals surface area contributed by atoms with E-state index in [0.717, 1.165) is 15.9 Å². The first-order chi connectivity index (χ1) is 11.8. The summed E-state index contributed by atoms with van der Waals surface area (Å²) in [4.78, 5) is 25.8. The monoisotopic (exact) mass is 383 g/mol. The Hall–Kier alpha value is -2.47. The van der Waals surface area contributed by atoms with Gasteiger partial charge in [0.1, 0.15) is 5.56 Å². The van der Waals surface area contributed by atoms with Gasteiger partial charge < -0.3 is 15.7 Å². The molecular weight excluding hydrogens is 366 g/mol. The van der Waals surface area contributed by atoms with Crippen molar-refractivity contribution in [2.24, 2.45) is 16.0 Å². The van der Waals surface area contributed by atoms with E-state index in [1.807, 2.05) is 0 Å². The number of aromatic nitrogens is 3. The number of pyridine rings is 1. The van der Waals surface area contributed by atoms with Crippen LogP contribution in [-0.4, -0.2) is 38.7 Å². The van der Waals surface area contributed by atoms with Crippen molar-refractivity contribution in [3.8, 4) is 5.88 Å². The molecule has 0 atom stereocenters. The molecule has 0 saturated heterocycles. The summed E-state index contributed by atoms with van der Waals surface area (Å²) in [5.74, 6) is -0.890. The smallest absolute Gasteiger partial charge is 0.281 e. The van der Waals surface area contributed by atoms with Crippen molar-refractivity contribution >= 4 is 45.8 Å². The largest absolute Gasteiger partial charge is 0.494 e. The molecular formula is C13H17N7O3S2.